The standard InChI is InChI=1S/C11H18N4O3/c1-7(8-5-13-6-14-8)10(11(17)18)15-9(16)3-2-4-12/h5-7,10H,2-4,12H2,1H3,(H,13,14)(H,15,16)(H,17,18)/t7?,10-/m0/s1. The Morgan fingerprint density at radius 2 is 2.33 bits per heavy atom. The van der Waals surface area contributed by atoms with Crippen LogP contribution >= 0.6 is 0 Å². The zero-order valence-corrected chi connectivity index (χ0v) is 10.2. The van der Waals surface area contributed by atoms with Gasteiger partial charge in [-0.1, -0.05) is 6.92 Å². The number of nitrogens with zero attached hydrogens (tertiary/aromatic N) is 1. The molecule has 0 aliphatic rings. The van der Waals surface area contributed by atoms with Gasteiger partial charge in [0, 0.05) is 24.2 Å². The van der Waals surface area contributed by atoms with Gasteiger partial charge < -0.3 is 21.1 Å². The van der Waals surface area contributed by atoms with Crippen LogP contribution < -0.4 is 11.1 Å². The summed E-state index contributed by atoms with van der Waals surface area (Å²) in [7, 11) is 0. The highest BCUT2D eigenvalue weighted by atomic mass is 16.4. The molecular formula is C11H18N4O3. The predicted molar refractivity (Wildman–Crippen MR) is 64.9 cm³/mol. The van der Waals surface area contributed by atoms with E-state index in [1.165, 1.54) is 6.33 Å². The van der Waals surface area contributed by atoms with Crippen molar-refractivity contribution >= 4 is 11.9 Å². The maximum absolute atomic E-state index is 11.5. The maximum atomic E-state index is 11.5. The molecule has 0 bridgehead atoms. The molecule has 0 spiro atoms. The molecule has 7 nitrogen and oxygen atoms in total. The number of amides is 1. The SMILES string of the molecule is CC(c1cnc[nH]1)[C@H](NC(=O)CCCN)C(=O)O. The Hall–Kier alpha value is -1.89. The van der Waals surface area contributed by atoms with Crippen LogP contribution in [0, 0.1) is 0 Å². The molecule has 1 amide bonds. The minimum Gasteiger partial charge on any atom is -0.480 e. The number of carboxylic acids is 1. The lowest BCUT2D eigenvalue weighted by Gasteiger charge is -2.20. The molecule has 1 aromatic rings. The molecule has 1 aromatic heterocycles. The van der Waals surface area contributed by atoms with E-state index in [2.05, 4.69) is 15.3 Å². The van der Waals surface area contributed by atoms with Gasteiger partial charge in [0.1, 0.15) is 6.04 Å². The summed E-state index contributed by atoms with van der Waals surface area (Å²) in [4.78, 5) is 29.4. The Morgan fingerprint density at radius 3 is 2.83 bits per heavy atom. The third-order valence-electron chi connectivity index (χ3n) is 2.70. The minimum atomic E-state index is -1.07. The Morgan fingerprint density at radius 1 is 1.61 bits per heavy atom. The second-order valence-electron chi connectivity index (χ2n) is 4.07. The van der Waals surface area contributed by atoms with E-state index in [0.717, 1.165) is 0 Å². The Labute approximate surface area is 105 Å². The number of hydrogen-bond acceptors (Lipinski definition) is 4. The molecule has 2 atom stereocenters. The van der Waals surface area contributed by atoms with E-state index >= 15 is 0 Å². The van der Waals surface area contributed by atoms with Gasteiger partial charge >= 0.3 is 5.97 Å². The van der Waals surface area contributed by atoms with Crippen LogP contribution in [0.25, 0.3) is 0 Å². The summed E-state index contributed by atoms with van der Waals surface area (Å²) in [6.45, 7) is 2.12. The highest BCUT2D eigenvalue weighted by molar-refractivity contribution is 5.84. The molecular weight excluding hydrogens is 236 g/mol. The molecule has 0 saturated heterocycles. The van der Waals surface area contributed by atoms with Gasteiger partial charge in [-0.05, 0) is 13.0 Å². The van der Waals surface area contributed by atoms with E-state index in [4.69, 9.17) is 10.8 Å². The van der Waals surface area contributed by atoms with Crippen LogP contribution in [0.1, 0.15) is 31.4 Å². The third kappa shape index (κ3) is 3.85. The number of aromatic amines is 1. The number of nitrogens with two attached hydrogens (primary N) is 1. The quantitative estimate of drug-likeness (QED) is 0.538. The summed E-state index contributed by atoms with van der Waals surface area (Å²) in [6.07, 6.45) is 3.79. The van der Waals surface area contributed by atoms with Crippen LogP contribution in [0.15, 0.2) is 12.5 Å². The van der Waals surface area contributed by atoms with Gasteiger partial charge in [0.2, 0.25) is 5.91 Å². The molecule has 1 rings (SSSR count). The molecule has 1 heterocycles. The zero-order chi connectivity index (χ0) is 13.5. The number of H-pyrrole nitrogens is 1. The summed E-state index contributed by atoms with van der Waals surface area (Å²) in [5.74, 6) is -1.76. The summed E-state index contributed by atoms with van der Waals surface area (Å²) in [6, 6.07) is -0.976. The fraction of sp³-hybridized carbons (Fsp3) is 0.545. The van der Waals surface area contributed by atoms with Crippen molar-refractivity contribution in [2.24, 2.45) is 5.73 Å². The van der Waals surface area contributed by atoms with Crippen LogP contribution in [0.4, 0.5) is 0 Å². The Balaban J connectivity index is 2.65. The average molecular weight is 254 g/mol. The summed E-state index contributed by atoms with van der Waals surface area (Å²) in [5, 5.41) is 11.6. The van der Waals surface area contributed by atoms with Gasteiger partial charge in [0.05, 0.1) is 6.33 Å². The summed E-state index contributed by atoms with van der Waals surface area (Å²) in [5.41, 5.74) is 5.96. The molecule has 18 heavy (non-hydrogen) atoms. The molecule has 1 unspecified atom stereocenters. The number of aromatic nitrogens is 2. The van der Waals surface area contributed by atoms with Crippen molar-refractivity contribution in [1.82, 2.24) is 15.3 Å². The van der Waals surface area contributed by atoms with Gasteiger partial charge in [0.15, 0.2) is 0 Å². The largest absolute Gasteiger partial charge is 0.480 e. The Kier molecular flexibility index (Phi) is 5.31. The monoisotopic (exact) mass is 254 g/mol. The second-order valence-corrected chi connectivity index (χ2v) is 4.07. The van der Waals surface area contributed by atoms with Crippen molar-refractivity contribution in [3.05, 3.63) is 18.2 Å². The van der Waals surface area contributed by atoms with Crippen molar-refractivity contribution in [2.75, 3.05) is 6.54 Å². The highest BCUT2D eigenvalue weighted by Gasteiger charge is 2.28. The lowest BCUT2D eigenvalue weighted by molar-refractivity contribution is -0.142. The first-order valence-corrected chi connectivity index (χ1v) is 5.76. The van der Waals surface area contributed by atoms with E-state index in [1.807, 2.05) is 0 Å². The number of imidazole rings is 1. The average Bonchev–Trinajstić information content (AvgIpc) is 2.85. The van der Waals surface area contributed by atoms with Crippen LogP contribution in [0.3, 0.4) is 0 Å². The van der Waals surface area contributed by atoms with Gasteiger partial charge in [0.25, 0.3) is 0 Å². The second kappa shape index (κ2) is 6.75. The van der Waals surface area contributed by atoms with E-state index in [9.17, 15) is 9.59 Å². The number of carboxylic acid groups (broad SMARTS) is 1. The van der Waals surface area contributed by atoms with Crippen molar-refractivity contribution in [3.8, 4) is 0 Å². The number of carbonyl (C=O) groups excluding carboxylic acids is 1. The molecule has 0 radical (unpaired) electrons. The molecule has 0 fully saturated rings. The lowest BCUT2D eigenvalue weighted by atomic mass is 9.98. The van der Waals surface area contributed by atoms with Gasteiger partial charge in [-0.25, -0.2) is 9.78 Å². The highest BCUT2D eigenvalue weighted by Crippen LogP contribution is 2.16. The number of carbonyl (C=O) groups is 2. The number of rotatable bonds is 7. The first kappa shape index (κ1) is 14.2. The maximum Gasteiger partial charge on any atom is 0.326 e. The molecule has 100 valence electrons. The molecule has 5 N–H and O–H groups in total. The van der Waals surface area contributed by atoms with Crippen LogP contribution in [-0.2, 0) is 9.59 Å². The summed E-state index contributed by atoms with van der Waals surface area (Å²) >= 11 is 0. The van der Waals surface area contributed by atoms with E-state index in [-0.39, 0.29) is 18.2 Å². The Bertz CT molecular complexity index is 391. The number of aliphatic carboxylic acids is 1. The van der Waals surface area contributed by atoms with Crippen molar-refractivity contribution in [1.29, 1.82) is 0 Å². The lowest BCUT2D eigenvalue weighted by Crippen LogP contribution is -2.44. The normalized spacial score (nSPS) is 13.9. The first-order chi connectivity index (χ1) is 8.56. The molecule has 7 heteroatoms. The van der Waals surface area contributed by atoms with Gasteiger partial charge in [-0.3, -0.25) is 4.79 Å². The molecule has 0 aliphatic heterocycles. The smallest absolute Gasteiger partial charge is 0.326 e. The molecule has 0 aliphatic carbocycles. The van der Waals surface area contributed by atoms with Gasteiger partial charge in [-0.15, -0.1) is 0 Å². The molecule has 0 saturated carbocycles. The van der Waals surface area contributed by atoms with Crippen molar-refractivity contribution in [2.45, 2.75) is 31.7 Å². The first-order valence-electron chi connectivity index (χ1n) is 5.76. The number of hydrogen-bond donors (Lipinski definition) is 4. The summed E-state index contributed by atoms with van der Waals surface area (Å²) < 4.78 is 0. The van der Waals surface area contributed by atoms with Crippen molar-refractivity contribution < 1.29 is 14.7 Å². The van der Waals surface area contributed by atoms with Crippen LogP contribution in [0.2, 0.25) is 0 Å². The van der Waals surface area contributed by atoms with Crippen LogP contribution in [-0.4, -0.2) is 39.5 Å². The topological polar surface area (TPSA) is 121 Å². The van der Waals surface area contributed by atoms with E-state index < -0.39 is 12.0 Å². The molecule has 0 aromatic carbocycles. The van der Waals surface area contributed by atoms with Gasteiger partial charge in [-0.2, -0.15) is 0 Å². The zero-order valence-electron chi connectivity index (χ0n) is 10.2. The van der Waals surface area contributed by atoms with E-state index in [0.29, 0.717) is 18.7 Å². The predicted octanol–water partition coefficient (Wildman–Crippen LogP) is -0.178. The number of nitrogens with one attached hydrogen (secondary N) is 2. The van der Waals surface area contributed by atoms with Crippen LogP contribution in [0.5, 0.6) is 0 Å². The van der Waals surface area contributed by atoms with E-state index in [1.54, 1.807) is 13.1 Å². The van der Waals surface area contributed by atoms with Crippen molar-refractivity contribution in [3.63, 3.8) is 0 Å². The minimum absolute atomic E-state index is 0.232. The fourth-order valence-electron chi connectivity index (χ4n) is 1.60. The third-order valence-corrected chi connectivity index (χ3v) is 2.70. The fourth-order valence-corrected chi connectivity index (χ4v) is 1.60.